The first kappa shape index (κ1) is 20.4. The second kappa shape index (κ2) is 9.28. The number of halogens is 1. The minimum Gasteiger partial charge on any atom is -0.496 e. The number of ketones is 1. The molecule has 0 radical (unpaired) electrons. The molecule has 4 rings (SSSR count). The van der Waals surface area contributed by atoms with Gasteiger partial charge >= 0.3 is 0 Å². The van der Waals surface area contributed by atoms with E-state index in [0.717, 1.165) is 32.5 Å². The highest BCUT2D eigenvalue weighted by atomic mass is 79.9. The average Bonchev–Trinajstić information content (AvgIpc) is 3.22. The summed E-state index contributed by atoms with van der Waals surface area (Å²) >= 11 is 4.80. The Balaban J connectivity index is 1.50. The minimum absolute atomic E-state index is 0.0181. The molecule has 0 saturated heterocycles. The number of methoxy groups -OCH3 is 1. The van der Waals surface area contributed by atoms with Crippen LogP contribution in [0.2, 0.25) is 0 Å². The second-order valence-electron chi connectivity index (χ2n) is 6.70. The molecule has 30 heavy (non-hydrogen) atoms. The van der Waals surface area contributed by atoms with Crippen LogP contribution in [-0.2, 0) is 6.61 Å². The molecule has 0 fully saturated rings. The van der Waals surface area contributed by atoms with Gasteiger partial charge in [-0.1, -0.05) is 42.5 Å². The summed E-state index contributed by atoms with van der Waals surface area (Å²) in [7, 11) is 1.64. The molecule has 3 aromatic carbocycles. The molecule has 0 aliphatic rings. The highest BCUT2D eigenvalue weighted by molar-refractivity contribution is 9.10. The van der Waals surface area contributed by atoms with Gasteiger partial charge < -0.3 is 9.47 Å². The Morgan fingerprint density at radius 3 is 2.63 bits per heavy atom. The Hall–Kier alpha value is -2.89. The summed E-state index contributed by atoms with van der Waals surface area (Å²) in [6, 6.07) is 21.9. The van der Waals surface area contributed by atoms with Crippen molar-refractivity contribution in [3.05, 3.63) is 98.7 Å². The van der Waals surface area contributed by atoms with E-state index < -0.39 is 0 Å². The number of ether oxygens (including phenoxy) is 2. The number of carbonyl (C=O) groups is 1. The van der Waals surface area contributed by atoms with Crippen LogP contribution in [0.15, 0.2) is 82.7 Å². The van der Waals surface area contributed by atoms with Crippen molar-refractivity contribution in [2.45, 2.75) is 6.61 Å². The number of rotatable bonds is 7. The largest absolute Gasteiger partial charge is 0.496 e. The van der Waals surface area contributed by atoms with Crippen LogP contribution in [-0.4, -0.2) is 12.9 Å². The number of fused-ring (bicyclic) bond motifs is 1. The summed E-state index contributed by atoms with van der Waals surface area (Å²) in [6.45, 7) is 0.370. The lowest BCUT2D eigenvalue weighted by Crippen LogP contribution is -1.99. The van der Waals surface area contributed by atoms with Gasteiger partial charge in [0, 0.05) is 15.4 Å². The molecular weight excluding hydrogens is 460 g/mol. The van der Waals surface area contributed by atoms with Crippen LogP contribution in [0.1, 0.15) is 20.8 Å². The number of hydrogen-bond acceptors (Lipinski definition) is 4. The maximum Gasteiger partial charge on any atom is 0.195 e. The van der Waals surface area contributed by atoms with Gasteiger partial charge in [0.05, 0.1) is 12.0 Å². The highest BCUT2D eigenvalue weighted by Gasteiger charge is 2.08. The number of benzene rings is 3. The van der Waals surface area contributed by atoms with Gasteiger partial charge in [-0.25, -0.2) is 0 Å². The van der Waals surface area contributed by atoms with Gasteiger partial charge in [0.25, 0.3) is 0 Å². The van der Waals surface area contributed by atoms with Crippen molar-refractivity contribution in [3.8, 4) is 11.5 Å². The molecule has 0 N–H and O–H groups in total. The van der Waals surface area contributed by atoms with E-state index in [0.29, 0.717) is 11.5 Å². The predicted octanol–water partition coefficient (Wildman–Crippen LogP) is 7.15. The molecule has 0 amide bonds. The molecule has 1 heterocycles. The second-order valence-corrected chi connectivity index (χ2v) is 8.52. The fourth-order valence-corrected chi connectivity index (χ4v) is 4.48. The van der Waals surface area contributed by atoms with Crippen molar-refractivity contribution in [3.63, 3.8) is 0 Å². The summed E-state index contributed by atoms with van der Waals surface area (Å²) in [5, 5.41) is 4.21. The SMILES string of the molecule is COc1ccc(/C=C/C(=O)c2cc(Br)cs2)cc1COc1ccc2ccccc2c1. The molecule has 0 saturated carbocycles. The van der Waals surface area contributed by atoms with Crippen LogP contribution in [0.25, 0.3) is 16.8 Å². The summed E-state index contributed by atoms with van der Waals surface area (Å²) < 4.78 is 12.4. The first-order chi connectivity index (χ1) is 14.6. The van der Waals surface area contributed by atoms with E-state index >= 15 is 0 Å². The molecule has 1 aromatic heterocycles. The van der Waals surface area contributed by atoms with Crippen molar-refractivity contribution in [2.75, 3.05) is 7.11 Å². The third kappa shape index (κ3) is 4.81. The zero-order valence-corrected chi connectivity index (χ0v) is 18.7. The molecule has 0 bridgehead atoms. The molecule has 3 nitrogen and oxygen atoms in total. The van der Waals surface area contributed by atoms with E-state index in [1.165, 1.54) is 16.7 Å². The number of carbonyl (C=O) groups excluding carboxylic acids is 1. The Labute approximate surface area is 187 Å². The third-order valence-corrected chi connectivity index (χ3v) is 6.36. The van der Waals surface area contributed by atoms with Gasteiger partial charge in [0.1, 0.15) is 18.1 Å². The molecule has 0 unspecified atom stereocenters. The summed E-state index contributed by atoms with van der Waals surface area (Å²) in [6.07, 6.45) is 3.41. The van der Waals surface area contributed by atoms with Gasteiger partial charge in [-0.2, -0.15) is 0 Å². The van der Waals surface area contributed by atoms with Crippen LogP contribution in [0.4, 0.5) is 0 Å². The monoisotopic (exact) mass is 478 g/mol. The van der Waals surface area contributed by atoms with E-state index in [-0.39, 0.29) is 5.78 Å². The van der Waals surface area contributed by atoms with Crippen LogP contribution in [0.3, 0.4) is 0 Å². The molecule has 0 aliphatic carbocycles. The van der Waals surface area contributed by atoms with Crippen LogP contribution >= 0.6 is 27.3 Å². The van der Waals surface area contributed by atoms with Gasteiger partial charge in [0.2, 0.25) is 0 Å². The number of hydrogen-bond donors (Lipinski definition) is 0. The smallest absolute Gasteiger partial charge is 0.195 e. The van der Waals surface area contributed by atoms with Crippen molar-refractivity contribution in [1.82, 2.24) is 0 Å². The van der Waals surface area contributed by atoms with Gasteiger partial charge in [-0.15, -0.1) is 11.3 Å². The van der Waals surface area contributed by atoms with Crippen LogP contribution in [0.5, 0.6) is 11.5 Å². The van der Waals surface area contributed by atoms with E-state index in [1.54, 1.807) is 13.2 Å². The molecule has 5 heteroatoms. The highest BCUT2D eigenvalue weighted by Crippen LogP contribution is 2.26. The molecule has 0 spiro atoms. The zero-order chi connectivity index (χ0) is 20.9. The summed E-state index contributed by atoms with van der Waals surface area (Å²) in [5.74, 6) is 1.53. The van der Waals surface area contributed by atoms with Crippen molar-refractivity contribution in [1.29, 1.82) is 0 Å². The van der Waals surface area contributed by atoms with Gasteiger partial charge in [-0.05, 0) is 68.7 Å². The van der Waals surface area contributed by atoms with Gasteiger partial charge in [-0.3, -0.25) is 4.79 Å². The minimum atomic E-state index is -0.0181. The standard InChI is InChI=1S/C25H19BrO3S/c1-28-24-11-7-17(6-10-23(27)25-14-21(26)16-30-25)12-20(24)15-29-22-9-8-18-4-2-3-5-19(18)13-22/h2-14,16H,15H2,1H3/b10-6+. The first-order valence-electron chi connectivity index (χ1n) is 9.37. The molecule has 4 aromatic rings. The lowest BCUT2D eigenvalue weighted by atomic mass is 10.1. The molecule has 0 atom stereocenters. The third-order valence-electron chi connectivity index (χ3n) is 4.66. The van der Waals surface area contributed by atoms with E-state index in [4.69, 9.17) is 9.47 Å². The van der Waals surface area contributed by atoms with E-state index in [9.17, 15) is 4.79 Å². The Kier molecular flexibility index (Phi) is 6.31. The topological polar surface area (TPSA) is 35.5 Å². The Morgan fingerprint density at radius 1 is 1.03 bits per heavy atom. The maximum atomic E-state index is 12.3. The molecule has 0 aliphatic heterocycles. The van der Waals surface area contributed by atoms with Crippen molar-refractivity contribution < 1.29 is 14.3 Å². The van der Waals surface area contributed by atoms with Crippen molar-refractivity contribution >= 4 is 49.9 Å². The van der Waals surface area contributed by atoms with E-state index in [1.807, 2.05) is 60.0 Å². The normalized spacial score (nSPS) is 11.1. The lowest BCUT2D eigenvalue weighted by Gasteiger charge is -2.12. The Morgan fingerprint density at radius 2 is 1.87 bits per heavy atom. The lowest BCUT2D eigenvalue weighted by molar-refractivity contribution is 0.105. The molecular formula is C25H19BrO3S. The first-order valence-corrected chi connectivity index (χ1v) is 11.0. The van der Waals surface area contributed by atoms with Crippen LogP contribution < -0.4 is 9.47 Å². The Bertz CT molecular complexity index is 1230. The number of allylic oxidation sites excluding steroid dienone is 1. The summed E-state index contributed by atoms with van der Waals surface area (Å²) in [4.78, 5) is 13.0. The maximum absolute atomic E-state index is 12.3. The average molecular weight is 479 g/mol. The van der Waals surface area contributed by atoms with Crippen LogP contribution in [0, 0.1) is 0 Å². The van der Waals surface area contributed by atoms with Gasteiger partial charge in [0.15, 0.2) is 5.78 Å². The predicted molar refractivity (Wildman–Crippen MR) is 127 cm³/mol. The summed E-state index contributed by atoms with van der Waals surface area (Å²) in [5.41, 5.74) is 1.83. The quantitative estimate of drug-likeness (QED) is 0.209. The van der Waals surface area contributed by atoms with E-state index in [2.05, 4.69) is 34.1 Å². The fraction of sp³-hybridized carbons (Fsp3) is 0.0800. The zero-order valence-electron chi connectivity index (χ0n) is 16.3. The number of thiophene rings is 1. The van der Waals surface area contributed by atoms with Crippen molar-refractivity contribution in [2.24, 2.45) is 0 Å². The molecule has 150 valence electrons. The fourth-order valence-electron chi connectivity index (χ4n) is 3.13.